The van der Waals surface area contributed by atoms with Crippen molar-refractivity contribution in [2.45, 2.75) is 40.3 Å². The van der Waals surface area contributed by atoms with Gasteiger partial charge in [0.15, 0.2) is 5.69 Å². The molecule has 176 valence electrons. The Kier molecular flexibility index (Phi) is 6.62. The van der Waals surface area contributed by atoms with Gasteiger partial charge in [0.25, 0.3) is 5.91 Å². The van der Waals surface area contributed by atoms with Crippen LogP contribution in [0.25, 0.3) is 11.5 Å². The zero-order chi connectivity index (χ0) is 24.2. The number of amides is 1. The molecule has 4 aromatic rings. The van der Waals surface area contributed by atoms with Crippen LogP contribution in [0, 0.1) is 13.8 Å². The molecule has 0 unspecified atom stereocenters. The van der Waals surface area contributed by atoms with Gasteiger partial charge in [-0.25, -0.2) is 9.67 Å². The summed E-state index contributed by atoms with van der Waals surface area (Å²) >= 11 is 0. The van der Waals surface area contributed by atoms with Crippen LogP contribution in [0.3, 0.4) is 0 Å². The van der Waals surface area contributed by atoms with Crippen LogP contribution in [0.2, 0.25) is 0 Å². The van der Waals surface area contributed by atoms with E-state index in [2.05, 4.69) is 20.6 Å². The predicted molar refractivity (Wildman–Crippen MR) is 127 cm³/mol. The van der Waals surface area contributed by atoms with Crippen LogP contribution in [0.5, 0.6) is 11.5 Å². The third kappa shape index (κ3) is 4.93. The number of aromatic nitrogens is 4. The Hall–Kier alpha value is -4.14. The first-order valence-corrected chi connectivity index (χ1v) is 10.9. The Labute approximate surface area is 197 Å². The van der Waals surface area contributed by atoms with Crippen LogP contribution >= 0.6 is 0 Å². The van der Waals surface area contributed by atoms with Crippen molar-refractivity contribution in [3.05, 3.63) is 71.4 Å². The molecule has 2 aromatic carbocycles. The van der Waals surface area contributed by atoms with Crippen LogP contribution in [-0.2, 0) is 6.54 Å². The van der Waals surface area contributed by atoms with E-state index in [0.717, 1.165) is 11.3 Å². The summed E-state index contributed by atoms with van der Waals surface area (Å²) in [5.74, 6) is 2.17. The molecule has 34 heavy (non-hydrogen) atoms. The molecule has 4 rings (SSSR count). The summed E-state index contributed by atoms with van der Waals surface area (Å²) < 4.78 is 18.5. The largest absolute Gasteiger partial charge is 0.495 e. The van der Waals surface area contributed by atoms with E-state index < -0.39 is 0 Å². The molecule has 0 atom stereocenters. The van der Waals surface area contributed by atoms with Crippen LogP contribution in [0.4, 0.5) is 5.69 Å². The Morgan fingerprint density at radius 2 is 1.85 bits per heavy atom. The zero-order valence-corrected chi connectivity index (χ0v) is 19.8. The van der Waals surface area contributed by atoms with Gasteiger partial charge < -0.3 is 19.2 Å². The van der Waals surface area contributed by atoms with Crippen LogP contribution in [-0.4, -0.2) is 39.1 Å². The molecule has 9 heteroatoms. The monoisotopic (exact) mass is 461 g/mol. The Balaban J connectivity index is 1.50. The lowest BCUT2D eigenvalue weighted by molar-refractivity contribution is 0.102. The van der Waals surface area contributed by atoms with Gasteiger partial charge in [0, 0.05) is 5.56 Å². The Bertz CT molecular complexity index is 1290. The molecule has 0 saturated heterocycles. The van der Waals surface area contributed by atoms with Crippen molar-refractivity contribution >= 4 is 11.6 Å². The van der Waals surface area contributed by atoms with Gasteiger partial charge in [-0.05, 0) is 64.1 Å². The lowest BCUT2D eigenvalue weighted by Gasteiger charge is -2.09. The molecule has 0 radical (unpaired) electrons. The minimum atomic E-state index is -0.366. The number of oxazole rings is 1. The van der Waals surface area contributed by atoms with Crippen LogP contribution in [0.15, 0.2) is 52.9 Å². The SMILES string of the molecule is COc1ccccc1NC(=O)c1nnn(Cc2nc(-c3ccc(OC(C)C)cc3)oc2C)c1C. The highest BCUT2D eigenvalue weighted by molar-refractivity contribution is 6.04. The van der Waals surface area contributed by atoms with Gasteiger partial charge in [-0.2, -0.15) is 0 Å². The van der Waals surface area contributed by atoms with Crippen molar-refractivity contribution in [1.29, 1.82) is 0 Å². The normalized spacial score (nSPS) is 11.0. The van der Waals surface area contributed by atoms with Gasteiger partial charge in [0.1, 0.15) is 23.0 Å². The molecule has 1 amide bonds. The second kappa shape index (κ2) is 9.78. The zero-order valence-electron chi connectivity index (χ0n) is 19.8. The fourth-order valence-electron chi connectivity index (χ4n) is 3.44. The second-order valence-electron chi connectivity index (χ2n) is 8.05. The molecule has 0 bridgehead atoms. The van der Waals surface area contributed by atoms with Crippen molar-refractivity contribution in [3.63, 3.8) is 0 Å². The summed E-state index contributed by atoms with van der Waals surface area (Å²) in [7, 11) is 1.55. The average molecular weight is 462 g/mol. The minimum Gasteiger partial charge on any atom is -0.495 e. The van der Waals surface area contributed by atoms with E-state index in [4.69, 9.17) is 13.9 Å². The van der Waals surface area contributed by atoms with Gasteiger partial charge in [-0.15, -0.1) is 5.10 Å². The number of rotatable bonds is 8. The van der Waals surface area contributed by atoms with Gasteiger partial charge >= 0.3 is 0 Å². The Morgan fingerprint density at radius 3 is 2.56 bits per heavy atom. The highest BCUT2D eigenvalue weighted by Crippen LogP contribution is 2.26. The summed E-state index contributed by atoms with van der Waals surface area (Å²) in [4.78, 5) is 17.4. The summed E-state index contributed by atoms with van der Waals surface area (Å²) in [6.45, 7) is 7.93. The second-order valence-corrected chi connectivity index (χ2v) is 8.05. The van der Waals surface area contributed by atoms with Crippen molar-refractivity contribution in [3.8, 4) is 23.0 Å². The number of benzene rings is 2. The number of hydrogen-bond donors (Lipinski definition) is 1. The fourth-order valence-corrected chi connectivity index (χ4v) is 3.44. The molecule has 0 aliphatic carbocycles. The summed E-state index contributed by atoms with van der Waals surface area (Å²) in [6, 6.07) is 14.8. The van der Waals surface area contributed by atoms with E-state index in [-0.39, 0.29) is 17.7 Å². The first kappa shape index (κ1) is 23.0. The molecule has 0 saturated carbocycles. The first-order chi connectivity index (χ1) is 16.4. The average Bonchev–Trinajstić information content (AvgIpc) is 3.37. The van der Waals surface area contributed by atoms with E-state index in [1.807, 2.05) is 57.2 Å². The highest BCUT2D eigenvalue weighted by atomic mass is 16.5. The number of nitrogens with one attached hydrogen (secondary N) is 1. The highest BCUT2D eigenvalue weighted by Gasteiger charge is 2.20. The van der Waals surface area contributed by atoms with Crippen molar-refractivity contribution in [1.82, 2.24) is 20.0 Å². The maximum absolute atomic E-state index is 12.8. The van der Waals surface area contributed by atoms with E-state index >= 15 is 0 Å². The molecule has 2 aromatic heterocycles. The molecule has 9 nitrogen and oxygen atoms in total. The molecule has 0 aliphatic rings. The molecule has 0 spiro atoms. The van der Waals surface area contributed by atoms with Gasteiger partial charge in [0.05, 0.1) is 31.1 Å². The molecule has 0 fully saturated rings. The molecule has 1 N–H and O–H groups in total. The van der Waals surface area contributed by atoms with E-state index in [1.54, 1.807) is 30.8 Å². The van der Waals surface area contributed by atoms with Crippen LogP contribution < -0.4 is 14.8 Å². The standard InChI is InChI=1S/C25H27N5O4/c1-15(2)33-19-12-10-18(11-13-19)25-27-21(17(4)34-25)14-30-16(3)23(28-29-30)24(31)26-20-8-6-7-9-22(20)32-5/h6-13,15H,14H2,1-5H3,(H,26,31). The summed E-state index contributed by atoms with van der Waals surface area (Å²) in [5.41, 5.74) is 2.96. The maximum Gasteiger partial charge on any atom is 0.278 e. The smallest absolute Gasteiger partial charge is 0.278 e. The number of ether oxygens (including phenoxy) is 2. The molecular weight excluding hydrogens is 434 g/mol. The first-order valence-electron chi connectivity index (χ1n) is 10.9. The van der Waals surface area contributed by atoms with Crippen molar-refractivity contribution in [2.75, 3.05) is 12.4 Å². The number of carbonyl (C=O) groups is 1. The van der Waals surface area contributed by atoms with Crippen molar-refractivity contribution < 1.29 is 18.7 Å². The molecular formula is C25H27N5O4. The maximum atomic E-state index is 12.8. The lowest BCUT2D eigenvalue weighted by Crippen LogP contribution is -2.15. The number of hydrogen-bond acceptors (Lipinski definition) is 7. The number of anilines is 1. The topological polar surface area (TPSA) is 104 Å². The Morgan fingerprint density at radius 1 is 1.12 bits per heavy atom. The molecule has 0 aliphatic heterocycles. The number of methoxy groups -OCH3 is 1. The van der Waals surface area contributed by atoms with Gasteiger partial charge in [0.2, 0.25) is 5.89 Å². The van der Waals surface area contributed by atoms with E-state index in [0.29, 0.717) is 41.0 Å². The quantitative estimate of drug-likeness (QED) is 0.407. The van der Waals surface area contributed by atoms with E-state index in [1.165, 1.54) is 0 Å². The lowest BCUT2D eigenvalue weighted by atomic mass is 10.2. The number of para-hydroxylation sites is 2. The van der Waals surface area contributed by atoms with E-state index in [9.17, 15) is 4.79 Å². The van der Waals surface area contributed by atoms with Gasteiger partial charge in [-0.1, -0.05) is 17.3 Å². The third-order valence-corrected chi connectivity index (χ3v) is 5.22. The minimum absolute atomic E-state index is 0.106. The number of aryl methyl sites for hydroxylation is 1. The van der Waals surface area contributed by atoms with Gasteiger partial charge in [-0.3, -0.25) is 4.79 Å². The number of nitrogens with zero attached hydrogens (tertiary/aromatic N) is 4. The predicted octanol–water partition coefficient (Wildman–Crippen LogP) is 4.65. The summed E-state index contributed by atoms with van der Waals surface area (Å²) in [5, 5.41) is 11.1. The van der Waals surface area contributed by atoms with Crippen LogP contribution in [0.1, 0.15) is 41.5 Å². The molecule has 2 heterocycles. The fraction of sp³-hybridized carbons (Fsp3) is 0.280. The summed E-state index contributed by atoms with van der Waals surface area (Å²) in [6.07, 6.45) is 0.106. The van der Waals surface area contributed by atoms with Crippen molar-refractivity contribution in [2.24, 2.45) is 0 Å². The third-order valence-electron chi connectivity index (χ3n) is 5.22. The number of carbonyl (C=O) groups excluding carboxylic acids is 1.